The van der Waals surface area contributed by atoms with E-state index in [0.717, 1.165) is 17.0 Å². The van der Waals surface area contributed by atoms with Crippen molar-refractivity contribution >= 4 is 10.9 Å². The van der Waals surface area contributed by atoms with E-state index >= 15 is 0 Å². The molecular weight excluding hydrogens is 226 g/mol. The van der Waals surface area contributed by atoms with Crippen molar-refractivity contribution in [3.8, 4) is 11.5 Å². The molecule has 0 aliphatic rings. The lowest BCUT2D eigenvalue weighted by molar-refractivity contribution is 0.507. The fourth-order valence-electron chi connectivity index (χ4n) is 2.05. The number of aryl methyl sites for hydroxylation is 1. The fraction of sp³-hybridized carbons (Fsp3) is 0.214. The zero-order valence-electron chi connectivity index (χ0n) is 10.2. The average Bonchev–Trinajstić information content (AvgIpc) is 2.94. The molecule has 4 heteroatoms. The van der Waals surface area contributed by atoms with Crippen molar-refractivity contribution in [2.75, 3.05) is 6.54 Å². The van der Waals surface area contributed by atoms with Crippen molar-refractivity contribution in [1.29, 1.82) is 0 Å². The summed E-state index contributed by atoms with van der Waals surface area (Å²) in [7, 11) is 0. The summed E-state index contributed by atoms with van der Waals surface area (Å²) in [6, 6.07) is 8.39. The molecule has 0 aliphatic heterocycles. The van der Waals surface area contributed by atoms with E-state index in [0.29, 0.717) is 18.9 Å². The van der Waals surface area contributed by atoms with Crippen molar-refractivity contribution in [2.45, 2.75) is 13.3 Å². The number of benzene rings is 1. The number of hydrogen-bond acceptors (Lipinski definition) is 3. The van der Waals surface area contributed by atoms with Crippen LogP contribution in [0.1, 0.15) is 11.5 Å². The predicted molar refractivity (Wildman–Crippen MR) is 71.3 cm³/mol. The van der Waals surface area contributed by atoms with Crippen LogP contribution in [0.3, 0.4) is 0 Å². The van der Waals surface area contributed by atoms with E-state index in [1.54, 1.807) is 6.20 Å². The molecule has 0 spiro atoms. The Balaban J connectivity index is 2.02. The molecule has 3 rings (SSSR count). The zero-order valence-corrected chi connectivity index (χ0v) is 10.2. The molecule has 0 aliphatic carbocycles. The van der Waals surface area contributed by atoms with Crippen molar-refractivity contribution in [1.82, 2.24) is 9.97 Å². The second-order valence-corrected chi connectivity index (χ2v) is 4.43. The number of nitrogens with one attached hydrogen (secondary N) is 1. The molecule has 0 radical (unpaired) electrons. The lowest BCUT2D eigenvalue weighted by Gasteiger charge is -1.91. The summed E-state index contributed by atoms with van der Waals surface area (Å²) in [6.07, 6.45) is 2.40. The number of H-pyrrole nitrogens is 1. The van der Waals surface area contributed by atoms with Gasteiger partial charge in [0.15, 0.2) is 11.7 Å². The lowest BCUT2D eigenvalue weighted by Crippen LogP contribution is -2.02. The van der Waals surface area contributed by atoms with Crippen LogP contribution in [0.5, 0.6) is 0 Å². The van der Waals surface area contributed by atoms with Gasteiger partial charge in [0.25, 0.3) is 0 Å². The van der Waals surface area contributed by atoms with E-state index in [1.807, 2.05) is 0 Å². The molecule has 0 fully saturated rings. The summed E-state index contributed by atoms with van der Waals surface area (Å²) >= 11 is 0. The van der Waals surface area contributed by atoms with Gasteiger partial charge in [0, 0.05) is 23.9 Å². The number of hydrogen-bond donors (Lipinski definition) is 2. The maximum absolute atomic E-state index is 5.65. The largest absolute Gasteiger partial charge is 0.439 e. The first-order valence-corrected chi connectivity index (χ1v) is 6.01. The molecule has 0 saturated heterocycles. The fourth-order valence-corrected chi connectivity index (χ4v) is 2.05. The molecule has 0 unspecified atom stereocenters. The Kier molecular flexibility index (Phi) is 2.64. The minimum absolute atomic E-state index is 0.547. The summed E-state index contributed by atoms with van der Waals surface area (Å²) in [4.78, 5) is 7.55. The summed E-state index contributed by atoms with van der Waals surface area (Å²) < 4.78 is 5.65. The number of oxazole rings is 1. The third-order valence-electron chi connectivity index (χ3n) is 2.96. The van der Waals surface area contributed by atoms with Gasteiger partial charge in [-0.2, -0.15) is 0 Å². The second-order valence-electron chi connectivity index (χ2n) is 4.43. The van der Waals surface area contributed by atoms with Gasteiger partial charge in [0.1, 0.15) is 0 Å². The number of nitrogens with zero attached hydrogens (tertiary/aromatic N) is 1. The van der Waals surface area contributed by atoms with Gasteiger partial charge in [-0.25, -0.2) is 4.98 Å². The first-order valence-electron chi connectivity index (χ1n) is 6.01. The molecule has 0 bridgehead atoms. The molecule has 4 nitrogen and oxygen atoms in total. The highest BCUT2D eigenvalue weighted by molar-refractivity contribution is 5.85. The molecule has 0 atom stereocenters. The SMILES string of the molecule is Cc1ccc2cc(-c3cnc(CCN)o3)[nH]c2c1. The zero-order chi connectivity index (χ0) is 12.5. The van der Waals surface area contributed by atoms with Crippen LogP contribution < -0.4 is 5.73 Å². The van der Waals surface area contributed by atoms with Gasteiger partial charge in [-0.3, -0.25) is 0 Å². The smallest absolute Gasteiger partial charge is 0.196 e. The number of nitrogens with two attached hydrogens (primary N) is 1. The summed E-state index contributed by atoms with van der Waals surface area (Å²) in [5.74, 6) is 1.44. The molecular formula is C14H15N3O. The van der Waals surface area contributed by atoms with Gasteiger partial charge in [-0.1, -0.05) is 12.1 Å². The minimum Gasteiger partial charge on any atom is -0.439 e. The van der Waals surface area contributed by atoms with Gasteiger partial charge >= 0.3 is 0 Å². The van der Waals surface area contributed by atoms with Gasteiger partial charge in [0.05, 0.1) is 11.9 Å². The maximum atomic E-state index is 5.65. The van der Waals surface area contributed by atoms with Crippen molar-refractivity contribution in [3.63, 3.8) is 0 Å². The lowest BCUT2D eigenvalue weighted by atomic mass is 10.2. The Bertz CT molecular complexity index is 681. The van der Waals surface area contributed by atoms with E-state index in [1.165, 1.54) is 10.9 Å². The van der Waals surface area contributed by atoms with Crippen LogP contribution in [-0.2, 0) is 6.42 Å². The topological polar surface area (TPSA) is 67.8 Å². The molecule has 3 aromatic rings. The monoisotopic (exact) mass is 241 g/mol. The molecule has 0 saturated carbocycles. The third-order valence-corrected chi connectivity index (χ3v) is 2.96. The van der Waals surface area contributed by atoms with Crippen LogP contribution in [0.25, 0.3) is 22.4 Å². The van der Waals surface area contributed by atoms with Crippen LogP contribution in [-0.4, -0.2) is 16.5 Å². The van der Waals surface area contributed by atoms with Crippen LogP contribution in [0.15, 0.2) is 34.9 Å². The number of rotatable bonds is 3. The molecule has 1 aromatic carbocycles. The Labute approximate surface area is 105 Å². The summed E-state index contributed by atoms with van der Waals surface area (Å²) in [5, 5.41) is 1.17. The molecule has 92 valence electrons. The van der Waals surface area contributed by atoms with Crippen LogP contribution in [0, 0.1) is 6.92 Å². The second kappa shape index (κ2) is 4.31. The molecule has 2 aromatic heterocycles. The Morgan fingerprint density at radius 2 is 2.22 bits per heavy atom. The maximum Gasteiger partial charge on any atom is 0.196 e. The van der Waals surface area contributed by atoms with E-state index in [2.05, 4.69) is 41.2 Å². The van der Waals surface area contributed by atoms with Gasteiger partial charge in [-0.05, 0) is 24.6 Å². The predicted octanol–water partition coefficient (Wildman–Crippen LogP) is 2.63. The third kappa shape index (κ3) is 1.91. The first-order chi connectivity index (χ1) is 8.76. The van der Waals surface area contributed by atoms with E-state index < -0.39 is 0 Å². The molecule has 2 heterocycles. The van der Waals surface area contributed by atoms with Gasteiger partial charge in [-0.15, -0.1) is 0 Å². The van der Waals surface area contributed by atoms with E-state index in [-0.39, 0.29) is 0 Å². The summed E-state index contributed by atoms with van der Waals surface area (Å²) in [5.41, 5.74) is 8.78. The highest BCUT2D eigenvalue weighted by atomic mass is 16.4. The standard InChI is InChI=1S/C14H15N3O/c1-9-2-3-10-7-12(17-11(10)6-9)13-8-16-14(18-13)4-5-15/h2-3,6-8,17H,4-5,15H2,1H3. The van der Waals surface area contributed by atoms with E-state index in [4.69, 9.17) is 10.2 Å². The minimum atomic E-state index is 0.547. The number of aromatic amines is 1. The van der Waals surface area contributed by atoms with Crippen LogP contribution >= 0.6 is 0 Å². The summed E-state index contributed by atoms with van der Waals surface area (Å²) in [6.45, 7) is 2.62. The Morgan fingerprint density at radius 3 is 3.06 bits per heavy atom. The van der Waals surface area contributed by atoms with Crippen molar-refractivity contribution in [3.05, 3.63) is 41.9 Å². The molecule has 3 N–H and O–H groups in total. The van der Waals surface area contributed by atoms with E-state index in [9.17, 15) is 0 Å². The molecule has 18 heavy (non-hydrogen) atoms. The van der Waals surface area contributed by atoms with Crippen molar-refractivity contribution < 1.29 is 4.42 Å². The Hall–Kier alpha value is -2.07. The average molecular weight is 241 g/mol. The van der Waals surface area contributed by atoms with Crippen molar-refractivity contribution in [2.24, 2.45) is 5.73 Å². The number of fused-ring (bicyclic) bond motifs is 1. The van der Waals surface area contributed by atoms with Gasteiger partial charge in [0.2, 0.25) is 0 Å². The number of aromatic nitrogens is 2. The quantitative estimate of drug-likeness (QED) is 0.740. The van der Waals surface area contributed by atoms with Gasteiger partial charge < -0.3 is 15.1 Å². The highest BCUT2D eigenvalue weighted by Gasteiger charge is 2.08. The van der Waals surface area contributed by atoms with Crippen LogP contribution in [0.4, 0.5) is 0 Å². The highest BCUT2D eigenvalue weighted by Crippen LogP contribution is 2.25. The first kappa shape index (κ1) is 11.0. The van der Waals surface area contributed by atoms with Crippen LogP contribution in [0.2, 0.25) is 0 Å². The molecule has 0 amide bonds. The Morgan fingerprint density at radius 1 is 1.33 bits per heavy atom. The normalized spacial score (nSPS) is 11.2.